The molecule has 0 aliphatic carbocycles. The maximum Gasteiger partial charge on any atom is 0.122 e. The zero-order chi connectivity index (χ0) is 13.7. The summed E-state index contributed by atoms with van der Waals surface area (Å²) in [6, 6.07) is 11.2. The molecule has 0 aliphatic heterocycles. The van der Waals surface area contributed by atoms with Crippen LogP contribution in [0.15, 0.2) is 42.6 Å². The molecule has 1 aromatic carbocycles. The standard InChI is InChI=1S/C14H16ClN3O/c1-19-13-7-3-2-5-10(13)9-12(18-16)14-11(15)6-4-8-17-14/h2-8,12,18H,9,16H2,1H3. The number of pyridine rings is 1. The van der Waals surface area contributed by atoms with Crippen molar-refractivity contribution in [3.63, 3.8) is 0 Å². The summed E-state index contributed by atoms with van der Waals surface area (Å²) >= 11 is 6.15. The van der Waals surface area contributed by atoms with Crippen LogP contribution in [-0.2, 0) is 6.42 Å². The molecule has 2 rings (SSSR count). The molecule has 1 unspecified atom stereocenters. The van der Waals surface area contributed by atoms with Gasteiger partial charge in [0, 0.05) is 6.20 Å². The Morgan fingerprint density at radius 3 is 2.79 bits per heavy atom. The Hall–Kier alpha value is -1.62. The summed E-state index contributed by atoms with van der Waals surface area (Å²) in [5.41, 5.74) is 4.54. The van der Waals surface area contributed by atoms with Crippen molar-refractivity contribution < 1.29 is 4.74 Å². The molecule has 4 nitrogen and oxygen atoms in total. The number of rotatable bonds is 5. The van der Waals surface area contributed by atoms with Crippen LogP contribution >= 0.6 is 11.6 Å². The molecule has 1 heterocycles. The summed E-state index contributed by atoms with van der Waals surface area (Å²) in [4.78, 5) is 4.29. The van der Waals surface area contributed by atoms with E-state index in [9.17, 15) is 0 Å². The van der Waals surface area contributed by atoms with E-state index in [1.165, 1.54) is 0 Å². The first-order valence-corrected chi connectivity index (χ1v) is 6.32. The summed E-state index contributed by atoms with van der Waals surface area (Å²) in [6.45, 7) is 0. The third kappa shape index (κ3) is 3.23. The summed E-state index contributed by atoms with van der Waals surface area (Å²) in [6.07, 6.45) is 2.35. The molecule has 0 amide bonds. The van der Waals surface area contributed by atoms with Gasteiger partial charge in [-0.25, -0.2) is 0 Å². The van der Waals surface area contributed by atoms with Crippen LogP contribution in [-0.4, -0.2) is 12.1 Å². The molecule has 0 aliphatic rings. The lowest BCUT2D eigenvalue weighted by Gasteiger charge is -2.18. The quantitative estimate of drug-likeness (QED) is 0.651. The van der Waals surface area contributed by atoms with Crippen LogP contribution in [0.1, 0.15) is 17.3 Å². The first-order chi connectivity index (χ1) is 9.26. The number of benzene rings is 1. The van der Waals surface area contributed by atoms with Gasteiger partial charge < -0.3 is 4.74 Å². The fraction of sp³-hybridized carbons (Fsp3) is 0.214. The van der Waals surface area contributed by atoms with Crippen LogP contribution in [0, 0.1) is 0 Å². The molecule has 19 heavy (non-hydrogen) atoms. The second-order valence-electron chi connectivity index (χ2n) is 4.11. The van der Waals surface area contributed by atoms with Gasteiger partial charge >= 0.3 is 0 Å². The molecule has 0 saturated carbocycles. The number of hydrogen-bond acceptors (Lipinski definition) is 4. The Bertz CT molecular complexity index is 548. The van der Waals surface area contributed by atoms with Crippen molar-refractivity contribution in [3.05, 3.63) is 58.9 Å². The van der Waals surface area contributed by atoms with Gasteiger partial charge in [0.25, 0.3) is 0 Å². The normalized spacial score (nSPS) is 12.2. The van der Waals surface area contributed by atoms with Gasteiger partial charge in [-0.3, -0.25) is 16.3 Å². The van der Waals surface area contributed by atoms with E-state index in [2.05, 4.69) is 10.4 Å². The van der Waals surface area contributed by atoms with Crippen molar-refractivity contribution >= 4 is 11.6 Å². The molecule has 0 radical (unpaired) electrons. The summed E-state index contributed by atoms with van der Waals surface area (Å²) in [5, 5.41) is 0.598. The van der Waals surface area contributed by atoms with Gasteiger partial charge in [-0.2, -0.15) is 0 Å². The van der Waals surface area contributed by atoms with Crippen molar-refractivity contribution in [1.82, 2.24) is 10.4 Å². The van der Waals surface area contributed by atoms with Crippen LogP contribution in [0.4, 0.5) is 0 Å². The average Bonchev–Trinajstić information content (AvgIpc) is 2.46. The SMILES string of the molecule is COc1ccccc1CC(NN)c1ncccc1Cl. The maximum absolute atomic E-state index is 6.15. The van der Waals surface area contributed by atoms with E-state index in [4.69, 9.17) is 22.2 Å². The minimum absolute atomic E-state index is 0.162. The molecular formula is C14H16ClN3O. The summed E-state index contributed by atoms with van der Waals surface area (Å²) in [7, 11) is 1.65. The van der Waals surface area contributed by atoms with Crippen molar-refractivity contribution in [3.8, 4) is 5.75 Å². The number of hydrazine groups is 1. The van der Waals surface area contributed by atoms with Gasteiger partial charge in [0.05, 0.1) is 23.9 Å². The second kappa shape index (κ2) is 6.52. The molecule has 1 atom stereocenters. The highest BCUT2D eigenvalue weighted by Crippen LogP contribution is 2.26. The Balaban J connectivity index is 2.27. The number of hydrogen-bond donors (Lipinski definition) is 2. The average molecular weight is 278 g/mol. The molecule has 3 N–H and O–H groups in total. The number of methoxy groups -OCH3 is 1. The van der Waals surface area contributed by atoms with Gasteiger partial charge in [0.2, 0.25) is 0 Å². The Kier molecular flexibility index (Phi) is 4.74. The van der Waals surface area contributed by atoms with Crippen LogP contribution in [0.5, 0.6) is 5.75 Å². The molecule has 1 aromatic heterocycles. The van der Waals surface area contributed by atoms with Gasteiger partial charge in [-0.1, -0.05) is 29.8 Å². The van der Waals surface area contributed by atoms with E-state index in [1.807, 2.05) is 24.3 Å². The minimum Gasteiger partial charge on any atom is -0.496 e. The molecule has 2 aromatic rings. The number of nitrogens with one attached hydrogen (secondary N) is 1. The lowest BCUT2D eigenvalue weighted by atomic mass is 10.0. The van der Waals surface area contributed by atoms with E-state index in [-0.39, 0.29) is 6.04 Å². The Morgan fingerprint density at radius 1 is 1.32 bits per heavy atom. The van der Waals surface area contributed by atoms with Crippen molar-refractivity contribution in [2.75, 3.05) is 7.11 Å². The molecule has 0 spiro atoms. The van der Waals surface area contributed by atoms with Crippen LogP contribution in [0.25, 0.3) is 0 Å². The monoisotopic (exact) mass is 277 g/mol. The highest BCUT2D eigenvalue weighted by molar-refractivity contribution is 6.31. The van der Waals surface area contributed by atoms with Gasteiger partial charge in [0.1, 0.15) is 5.75 Å². The smallest absolute Gasteiger partial charge is 0.122 e. The minimum atomic E-state index is -0.162. The molecule has 5 heteroatoms. The predicted molar refractivity (Wildman–Crippen MR) is 76.0 cm³/mol. The Morgan fingerprint density at radius 2 is 2.11 bits per heavy atom. The molecule has 0 fully saturated rings. The number of nitrogens with zero attached hydrogens (tertiary/aromatic N) is 1. The largest absolute Gasteiger partial charge is 0.496 e. The van der Waals surface area contributed by atoms with Crippen molar-refractivity contribution in [1.29, 1.82) is 0 Å². The summed E-state index contributed by atoms with van der Waals surface area (Å²) in [5.74, 6) is 6.45. The third-order valence-corrected chi connectivity index (χ3v) is 3.25. The van der Waals surface area contributed by atoms with Crippen LogP contribution < -0.4 is 16.0 Å². The highest BCUT2D eigenvalue weighted by Gasteiger charge is 2.17. The van der Waals surface area contributed by atoms with E-state index >= 15 is 0 Å². The van der Waals surface area contributed by atoms with Crippen molar-refractivity contribution in [2.45, 2.75) is 12.5 Å². The molecule has 100 valence electrons. The van der Waals surface area contributed by atoms with E-state index in [0.29, 0.717) is 11.4 Å². The Labute approximate surface area is 117 Å². The van der Waals surface area contributed by atoms with Crippen LogP contribution in [0.3, 0.4) is 0 Å². The number of aromatic nitrogens is 1. The number of ether oxygens (including phenoxy) is 1. The third-order valence-electron chi connectivity index (χ3n) is 2.93. The topological polar surface area (TPSA) is 60.2 Å². The number of halogens is 1. The fourth-order valence-corrected chi connectivity index (χ4v) is 2.23. The van der Waals surface area contributed by atoms with E-state index in [1.54, 1.807) is 25.4 Å². The van der Waals surface area contributed by atoms with Gasteiger partial charge in [0.15, 0.2) is 0 Å². The first kappa shape index (κ1) is 13.8. The zero-order valence-corrected chi connectivity index (χ0v) is 11.4. The van der Waals surface area contributed by atoms with E-state index in [0.717, 1.165) is 17.0 Å². The number of nitrogens with two attached hydrogens (primary N) is 1. The van der Waals surface area contributed by atoms with Crippen molar-refractivity contribution in [2.24, 2.45) is 5.84 Å². The molecular weight excluding hydrogens is 262 g/mol. The summed E-state index contributed by atoms with van der Waals surface area (Å²) < 4.78 is 5.33. The lowest BCUT2D eigenvalue weighted by molar-refractivity contribution is 0.405. The van der Waals surface area contributed by atoms with Gasteiger partial charge in [-0.15, -0.1) is 0 Å². The van der Waals surface area contributed by atoms with E-state index < -0.39 is 0 Å². The predicted octanol–water partition coefficient (Wildman–Crippen LogP) is 2.49. The molecule has 0 saturated heterocycles. The zero-order valence-electron chi connectivity index (χ0n) is 10.6. The lowest BCUT2D eigenvalue weighted by Crippen LogP contribution is -2.30. The maximum atomic E-state index is 6.15. The van der Waals surface area contributed by atoms with Gasteiger partial charge in [-0.05, 0) is 30.2 Å². The molecule has 0 bridgehead atoms. The highest BCUT2D eigenvalue weighted by atomic mass is 35.5. The number of para-hydroxylation sites is 1. The first-order valence-electron chi connectivity index (χ1n) is 5.94. The second-order valence-corrected chi connectivity index (χ2v) is 4.51. The fourth-order valence-electron chi connectivity index (χ4n) is 1.98. The van der Waals surface area contributed by atoms with Crippen LogP contribution in [0.2, 0.25) is 5.02 Å².